The van der Waals surface area contributed by atoms with Crippen molar-refractivity contribution in [2.24, 2.45) is 5.41 Å². The standard InChI is InChI=1S/C9H15NO4/c1-2-14-7-9(6-11)3-4-10(5-9)8(12)13/h6H,2-5,7H2,1H3,(H,12,13)/t9-/m0/s1. The summed E-state index contributed by atoms with van der Waals surface area (Å²) in [6, 6.07) is 0. The number of carboxylic acid groups (broad SMARTS) is 1. The molecule has 0 aromatic heterocycles. The van der Waals surface area contributed by atoms with Gasteiger partial charge in [-0.15, -0.1) is 0 Å². The van der Waals surface area contributed by atoms with Crippen molar-refractivity contribution in [3.05, 3.63) is 0 Å². The number of nitrogens with zero attached hydrogens (tertiary/aromatic N) is 1. The third-order valence-corrected chi connectivity index (χ3v) is 2.50. The number of hydrogen-bond donors (Lipinski definition) is 1. The van der Waals surface area contributed by atoms with E-state index in [1.807, 2.05) is 6.92 Å². The number of likely N-dealkylation sites (tertiary alicyclic amines) is 1. The van der Waals surface area contributed by atoms with Gasteiger partial charge in [0.2, 0.25) is 0 Å². The molecular formula is C9H15NO4. The van der Waals surface area contributed by atoms with Crippen molar-refractivity contribution in [1.29, 1.82) is 0 Å². The highest BCUT2D eigenvalue weighted by Gasteiger charge is 2.40. The minimum atomic E-state index is -0.967. The Morgan fingerprint density at radius 3 is 2.86 bits per heavy atom. The van der Waals surface area contributed by atoms with Gasteiger partial charge >= 0.3 is 6.09 Å². The van der Waals surface area contributed by atoms with E-state index in [0.29, 0.717) is 26.2 Å². The van der Waals surface area contributed by atoms with E-state index in [1.165, 1.54) is 4.90 Å². The lowest BCUT2D eigenvalue weighted by molar-refractivity contribution is -0.118. The molecule has 1 atom stereocenters. The zero-order chi connectivity index (χ0) is 10.6. The number of aldehydes is 1. The van der Waals surface area contributed by atoms with Crippen molar-refractivity contribution in [3.8, 4) is 0 Å². The third-order valence-electron chi connectivity index (χ3n) is 2.50. The van der Waals surface area contributed by atoms with E-state index >= 15 is 0 Å². The topological polar surface area (TPSA) is 66.8 Å². The van der Waals surface area contributed by atoms with E-state index < -0.39 is 11.5 Å². The SMILES string of the molecule is CCOC[C@@]1(C=O)CCN(C(=O)O)C1. The summed E-state index contributed by atoms with van der Waals surface area (Å²) in [6.45, 7) is 3.38. The van der Waals surface area contributed by atoms with Crippen LogP contribution in [0.4, 0.5) is 4.79 Å². The number of amides is 1. The Balaban J connectivity index is 2.56. The van der Waals surface area contributed by atoms with E-state index in [1.54, 1.807) is 0 Å². The lowest BCUT2D eigenvalue weighted by Gasteiger charge is -2.21. The molecule has 0 aliphatic carbocycles. The average molecular weight is 201 g/mol. The number of hydrogen-bond acceptors (Lipinski definition) is 3. The molecule has 0 aromatic carbocycles. The first-order chi connectivity index (χ1) is 6.63. The summed E-state index contributed by atoms with van der Waals surface area (Å²) in [5, 5.41) is 8.74. The van der Waals surface area contributed by atoms with E-state index in [4.69, 9.17) is 9.84 Å². The molecular weight excluding hydrogens is 186 g/mol. The van der Waals surface area contributed by atoms with Crippen LogP contribution >= 0.6 is 0 Å². The van der Waals surface area contributed by atoms with E-state index in [0.717, 1.165) is 6.29 Å². The molecule has 0 bridgehead atoms. The molecule has 1 saturated heterocycles. The van der Waals surface area contributed by atoms with Gasteiger partial charge in [-0.1, -0.05) is 0 Å². The van der Waals surface area contributed by atoms with Crippen LogP contribution in [0.3, 0.4) is 0 Å². The van der Waals surface area contributed by atoms with Crippen molar-refractivity contribution in [2.75, 3.05) is 26.3 Å². The number of ether oxygens (including phenoxy) is 1. The van der Waals surface area contributed by atoms with Gasteiger partial charge < -0.3 is 19.5 Å². The van der Waals surface area contributed by atoms with Gasteiger partial charge in [0.25, 0.3) is 0 Å². The first-order valence-electron chi connectivity index (χ1n) is 4.65. The fourth-order valence-electron chi connectivity index (χ4n) is 1.61. The van der Waals surface area contributed by atoms with Crippen LogP contribution in [0.2, 0.25) is 0 Å². The van der Waals surface area contributed by atoms with Crippen LogP contribution in [-0.2, 0) is 9.53 Å². The van der Waals surface area contributed by atoms with Gasteiger partial charge in [0.05, 0.1) is 12.0 Å². The maximum absolute atomic E-state index is 10.9. The van der Waals surface area contributed by atoms with Gasteiger partial charge in [-0.2, -0.15) is 0 Å². The Labute approximate surface area is 82.6 Å². The Hall–Kier alpha value is -1.10. The summed E-state index contributed by atoms with van der Waals surface area (Å²) in [7, 11) is 0. The van der Waals surface area contributed by atoms with Gasteiger partial charge in [-0.05, 0) is 13.3 Å². The normalized spacial score (nSPS) is 26.5. The molecule has 1 fully saturated rings. The summed E-state index contributed by atoms with van der Waals surface area (Å²) in [5.41, 5.74) is -0.617. The lowest BCUT2D eigenvalue weighted by Crippen LogP contribution is -2.35. The first-order valence-corrected chi connectivity index (χ1v) is 4.65. The van der Waals surface area contributed by atoms with Crippen LogP contribution in [0.1, 0.15) is 13.3 Å². The molecule has 1 rings (SSSR count). The summed E-state index contributed by atoms with van der Waals surface area (Å²) >= 11 is 0. The maximum atomic E-state index is 10.9. The third kappa shape index (κ3) is 2.23. The second kappa shape index (κ2) is 4.41. The van der Waals surface area contributed by atoms with Gasteiger partial charge in [-0.25, -0.2) is 4.79 Å². The molecule has 0 spiro atoms. The molecule has 1 amide bonds. The van der Waals surface area contributed by atoms with Crippen molar-refractivity contribution in [3.63, 3.8) is 0 Å². The molecule has 5 heteroatoms. The predicted molar refractivity (Wildman–Crippen MR) is 49.2 cm³/mol. The minimum Gasteiger partial charge on any atom is -0.465 e. The zero-order valence-electron chi connectivity index (χ0n) is 8.23. The van der Waals surface area contributed by atoms with Gasteiger partial charge in [0.1, 0.15) is 6.29 Å². The summed E-state index contributed by atoms with van der Waals surface area (Å²) in [4.78, 5) is 22.8. The van der Waals surface area contributed by atoms with E-state index in [-0.39, 0.29) is 6.54 Å². The Morgan fingerprint density at radius 1 is 1.71 bits per heavy atom. The Kier molecular flexibility index (Phi) is 3.46. The van der Waals surface area contributed by atoms with Crippen LogP contribution in [0.25, 0.3) is 0 Å². The highest BCUT2D eigenvalue weighted by molar-refractivity contribution is 5.69. The van der Waals surface area contributed by atoms with Crippen molar-refractivity contribution < 1.29 is 19.4 Å². The summed E-state index contributed by atoms with van der Waals surface area (Å²) in [6.07, 6.45) is 0.416. The summed E-state index contributed by atoms with van der Waals surface area (Å²) in [5.74, 6) is 0. The molecule has 1 heterocycles. The van der Waals surface area contributed by atoms with Gasteiger partial charge in [-0.3, -0.25) is 0 Å². The Bertz CT molecular complexity index is 231. The van der Waals surface area contributed by atoms with Crippen molar-refractivity contribution >= 4 is 12.4 Å². The molecule has 0 saturated carbocycles. The first kappa shape index (κ1) is 11.0. The zero-order valence-corrected chi connectivity index (χ0v) is 8.23. The quantitative estimate of drug-likeness (QED) is 0.676. The largest absolute Gasteiger partial charge is 0.465 e. The molecule has 1 aliphatic rings. The highest BCUT2D eigenvalue weighted by Crippen LogP contribution is 2.28. The molecule has 1 N–H and O–H groups in total. The van der Waals surface area contributed by atoms with Gasteiger partial charge in [0, 0.05) is 19.7 Å². The van der Waals surface area contributed by atoms with E-state index in [9.17, 15) is 9.59 Å². The number of rotatable bonds is 4. The number of carbonyl (C=O) groups excluding carboxylic acids is 1. The van der Waals surface area contributed by atoms with Crippen LogP contribution in [0.15, 0.2) is 0 Å². The summed E-state index contributed by atoms with van der Waals surface area (Å²) < 4.78 is 5.19. The fourth-order valence-corrected chi connectivity index (χ4v) is 1.61. The molecule has 1 aliphatic heterocycles. The van der Waals surface area contributed by atoms with Crippen LogP contribution in [-0.4, -0.2) is 48.7 Å². The lowest BCUT2D eigenvalue weighted by atomic mass is 9.90. The molecule has 0 unspecified atom stereocenters. The van der Waals surface area contributed by atoms with Crippen molar-refractivity contribution in [2.45, 2.75) is 13.3 Å². The van der Waals surface area contributed by atoms with Gasteiger partial charge in [0.15, 0.2) is 0 Å². The molecule has 80 valence electrons. The maximum Gasteiger partial charge on any atom is 0.407 e. The molecule has 0 aromatic rings. The predicted octanol–water partition coefficient (Wildman–Crippen LogP) is 0.592. The minimum absolute atomic E-state index is 0.256. The van der Waals surface area contributed by atoms with Crippen molar-refractivity contribution in [1.82, 2.24) is 4.90 Å². The smallest absolute Gasteiger partial charge is 0.407 e. The fraction of sp³-hybridized carbons (Fsp3) is 0.778. The van der Waals surface area contributed by atoms with Crippen LogP contribution < -0.4 is 0 Å². The van der Waals surface area contributed by atoms with Crippen LogP contribution in [0, 0.1) is 5.41 Å². The Morgan fingerprint density at radius 2 is 2.43 bits per heavy atom. The second-order valence-electron chi connectivity index (χ2n) is 3.57. The monoisotopic (exact) mass is 201 g/mol. The number of carbonyl (C=O) groups is 2. The molecule has 5 nitrogen and oxygen atoms in total. The highest BCUT2D eigenvalue weighted by atomic mass is 16.5. The average Bonchev–Trinajstić information content (AvgIpc) is 2.60. The second-order valence-corrected chi connectivity index (χ2v) is 3.57. The molecule has 0 radical (unpaired) electrons. The van der Waals surface area contributed by atoms with Crippen LogP contribution in [0.5, 0.6) is 0 Å². The molecule has 14 heavy (non-hydrogen) atoms. The van der Waals surface area contributed by atoms with E-state index in [2.05, 4.69) is 0 Å².